The summed E-state index contributed by atoms with van der Waals surface area (Å²) in [5.74, 6) is 0.907. The van der Waals surface area contributed by atoms with Gasteiger partial charge in [-0.2, -0.15) is 4.37 Å². The number of rotatable bonds is 2. The number of nitrogens with zero attached hydrogens (tertiary/aromatic N) is 3. The van der Waals surface area contributed by atoms with Gasteiger partial charge in [0, 0.05) is 6.20 Å². The van der Waals surface area contributed by atoms with Crippen LogP contribution in [0.1, 0.15) is 0 Å². The second-order valence-corrected chi connectivity index (χ2v) is 3.30. The quantitative estimate of drug-likeness (QED) is 0.802. The van der Waals surface area contributed by atoms with E-state index in [9.17, 15) is 0 Å². The van der Waals surface area contributed by atoms with Crippen molar-refractivity contribution in [3.05, 3.63) is 18.6 Å². The van der Waals surface area contributed by atoms with Crippen molar-refractivity contribution in [2.45, 2.75) is 0 Å². The van der Waals surface area contributed by atoms with E-state index in [1.807, 2.05) is 0 Å². The molecule has 2 aromatic heterocycles. The van der Waals surface area contributed by atoms with Crippen LogP contribution in [0.3, 0.4) is 0 Å². The van der Waals surface area contributed by atoms with E-state index in [2.05, 4.69) is 14.3 Å². The highest BCUT2D eigenvalue weighted by atomic mass is 32.1. The van der Waals surface area contributed by atoms with Crippen LogP contribution in [-0.4, -0.2) is 21.5 Å². The highest BCUT2D eigenvalue weighted by Gasteiger charge is 2.11. The number of hydrogen-bond donors (Lipinski definition) is 1. The van der Waals surface area contributed by atoms with E-state index in [1.54, 1.807) is 19.4 Å². The number of nitrogens with two attached hydrogens (primary N) is 1. The maximum absolute atomic E-state index is 5.66. The van der Waals surface area contributed by atoms with Crippen molar-refractivity contribution in [2.75, 3.05) is 12.8 Å². The van der Waals surface area contributed by atoms with E-state index >= 15 is 0 Å². The summed E-state index contributed by atoms with van der Waals surface area (Å²) in [7, 11) is 1.55. The van der Waals surface area contributed by atoms with Gasteiger partial charge < -0.3 is 10.5 Å². The number of aromatic nitrogens is 3. The van der Waals surface area contributed by atoms with Gasteiger partial charge in [0.2, 0.25) is 0 Å². The first-order valence-electron chi connectivity index (χ1n) is 3.88. The Hall–Kier alpha value is -1.69. The van der Waals surface area contributed by atoms with Crippen molar-refractivity contribution in [1.29, 1.82) is 0 Å². The molecular formula is C8H8N4OS. The summed E-state index contributed by atoms with van der Waals surface area (Å²) in [6.07, 6.45) is 3.12. The first-order valence-corrected chi connectivity index (χ1v) is 4.65. The van der Waals surface area contributed by atoms with E-state index in [-0.39, 0.29) is 0 Å². The Bertz CT molecular complexity index is 429. The van der Waals surface area contributed by atoms with Crippen molar-refractivity contribution in [3.8, 4) is 16.3 Å². The van der Waals surface area contributed by atoms with Crippen LogP contribution >= 0.6 is 11.5 Å². The molecule has 6 heteroatoms. The number of anilines is 1. The summed E-state index contributed by atoms with van der Waals surface area (Å²) in [5.41, 5.74) is 6.48. The molecule has 0 amide bonds. The molecule has 0 atom stereocenters. The average Bonchev–Trinajstić information content (AvgIpc) is 2.70. The first-order chi connectivity index (χ1) is 6.83. The van der Waals surface area contributed by atoms with E-state index in [0.717, 1.165) is 10.6 Å². The lowest BCUT2D eigenvalue weighted by Crippen LogP contribution is -1.97. The van der Waals surface area contributed by atoms with Gasteiger partial charge in [-0.05, 0) is 17.6 Å². The van der Waals surface area contributed by atoms with Gasteiger partial charge >= 0.3 is 0 Å². The lowest BCUT2D eigenvalue weighted by atomic mass is 10.2. The normalized spacial score (nSPS) is 10.1. The van der Waals surface area contributed by atoms with Gasteiger partial charge in [-0.3, -0.25) is 0 Å². The Morgan fingerprint density at radius 1 is 1.43 bits per heavy atom. The zero-order valence-electron chi connectivity index (χ0n) is 7.47. The molecule has 0 aromatic carbocycles. The van der Waals surface area contributed by atoms with Crippen LogP contribution in [0.2, 0.25) is 0 Å². The molecule has 0 fully saturated rings. The van der Waals surface area contributed by atoms with Crippen LogP contribution in [0.5, 0.6) is 5.75 Å². The van der Waals surface area contributed by atoms with Gasteiger partial charge in [-0.1, -0.05) is 0 Å². The number of pyridine rings is 1. The fraction of sp³-hybridized carbons (Fsp3) is 0.125. The van der Waals surface area contributed by atoms with Crippen LogP contribution in [0.25, 0.3) is 10.6 Å². The average molecular weight is 208 g/mol. The van der Waals surface area contributed by atoms with E-state index in [4.69, 9.17) is 10.5 Å². The highest BCUT2D eigenvalue weighted by molar-refractivity contribution is 7.09. The Labute approximate surface area is 84.7 Å². The minimum atomic E-state index is 0.361. The van der Waals surface area contributed by atoms with Crippen molar-refractivity contribution in [2.24, 2.45) is 0 Å². The van der Waals surface area contributed by atoms with Gasteiger partial charge in [0.15, 0.2) is 11.6 Å². The van der Waals surface area contributed by atoms with Crippen molar-refractivity contribution in [3.63, 3.8) is 0 Å². The molecule has 14 heavy (non-hydrogen) atoms. The fourth-order valence-electron chi connectivity index (χ4n) is 1.14. The Morgan fingerprint density at radius 3 is 2.93 bits per heavy atom. The lowest BCUT2D eigenvalue weighted by Gasteiger charge is -2.06. The Morgan fingerprint density at radius 2 is 2.29 bits per heavy atom. The predicted molar refractivity (Wildman–Crippen MR) is 54.1 cm³/mol. The number of nitrogen functional groups attached to an aromatic ring is 1. The molecule has 0 aliphatic carbocycles. The molecule has 0 aliphatic heterocycles. The SMILES string of the molecule is COc1c(-c2ncns2)ccnc1N. The van der Waals surface area contributed by atoms with Gasteiger partial charge in [-0.25, -0.2) is 9.97 Å². The van der Waals surface area contributed by atoms with Gasteiger partial charge in [0.1, 0.15) is 11.3 Å². The third-order valence-corrected chi connectivity index (χ3v) is 2.43. The molecule has 2 aromatic rings. The summed E-state index contributed by atoms with van der Waals surface area (Å²) in [5, 5.41) is 0.774. The van der Waals surface area contributed by atoms with E-state index in [0.29, 0.717) is 11.6 Å². The molecule has 2 rings (SSSR count). The third kappa shape index (κ3) is 1.39. The van der Waals surface area contributed by atoms with E-state index in [1.165, 1.54) is 17.9 Å². The Balaban J connectivity index is 2.58. The molecule has 0 spiro atoms. The number of ether oxygens (including phenoxy) is 1. The summed E-state index contributed by atoms with van der Waals surface area (Å²) in [4.78, 5) is 8.01. The van der Waals surface area contributed by atoms with Crippen molar-refractivity contribution >= 4 is 17.4 Å². The summed E-state index contributed by atoms with van der Waals surface area (Å²) < 4.78 is 9.07. The number of hydrogen-bond acceptors (Lipinski definition) is 6. The molecule has 0 radical (unpaired) electrons. The molecule has 72 valence electrons. The Kier molecular flexibility index (Phi) is 2.28. The maximum atomic E-state index is 5.66. The summed E-state index contributed by atoms with van der Waals surface area (Å²) >= 11 is 1.29. The second-order valence-electron chi connectivity index (χ2n) is 2.52. The van der Waals surface area contributed by atoms with Crippen LogP contribution in [0, 0.1) is 0 Å². The smallest absolute Gasteiger partial charge is 0.171 e. The molecule has 0 saturated carbocycles. The van der Waals surface area contributed by atoms with Gasteiger partial charge in [-0.15, -0.1) is 0 Å². The second kappa shape index (κ2) is 3.59. The summed E-state index contributed by atoms with van der Waals surface area (Å²) in [6, 6.07) is 1.80. The molecule has 0 saturated heterocycles. The molecule has 2 N–H and O–H groups in total. The van der Waals surface area contributed by atoms with Crippen molar-refractivity contribution < 1.29 is 4.74 Å². The molecular weight excluding hydrogens is 200 g/mol. The topological polar surface area (TPSA) is 73.9 Å². The zero-order valence-corrected chi connectivity index (χ0v) is 8.28. The number of methoxy groups -OCH3 is 1. The molecule has 0 aliphatic rings. The largest absolute Gasteiger partial charge is 0.492 e. The van der Waals surface area contributed by atoms with E-state index < -0.39 is 0 Å². The maximum Gasteiger partial charge on any atom is 0.171 e. The van der Waals surface area contributed by atoms with Gasteiger partial charge in [0.25, 0.3) is 0 Å². The lowest BCUT2D eigenvalue weighted by molar-refractivity contribution is 0.417. The molecule has 0 unspecified atom stereocenters. The molecule has 5 nitrogen and oxygen atoms in total. The highest BCUT2D eigenvalue weighted by Crippen LogP contribution is 2.33. The fourth-order valence-corrected chi connectivity index (χ4v) is 1.69. The summed E-state index contributed by atoms with van der Waals surface area (Å²) in [6.45, 7) is 0. The standard InChI is InChI=1S/C8H8N4OS/c1-13-6-5(2-3-10-7(6)9)8-11-4-12-14-8/h2-4H,1H3,(H2,9,10). The van der Waals surface area contributed by atoms with Crippen LogP contribution in [0.4, 0.5) is 5.82 Å². The first kappa shape index (κ1) is 8.89. The minimum Gasteiger partial charge on any atom is -0.492 e. The van der Waals surface area contributed by atoms with Crippen LogP contribution < -0.4 is 10.5 Å². The van der Waals surface area contributed by atoms with Crippen LogP contribution in [-0.2, 0) is 0 Å². The molecule has 2 heterocycles. The zero-order chi connectivity index (χ0) is 9.97. The van der Waals surface area contributed by atoms with Crippen molar-refractivity contribution in [1.82, 2.24) is 14.3 Å². The predicted octanol–water partition coefficient (Wildman–Crippen LogP) is 1.19. The molecule has 0 bridgehead atoms. The van der Waals surface area contributed by atoms with Gasteiger partial charge in [0.05, 0.1) is 12.7 Å². The third-order valence-electron chi connectivity index (χ3n) is 1.73. The van der Waals surface area contributed by atoms with Crippen LogP contribution in [0.15, 0.2) is 18.6 Å². The minimum absolute atomic E-state index is 0.361. The monoisotopic (exact) mass is 208 g/mol.